The van der Waals surface area contributed by atoms with Crippen LogP contribution in [0.25, 0.3) is 0 Å². The van der Waals surface area contributed by atoms with E-state index >= 15 is 0 Å². The molecule has 1 amide bonds. The first-order valence-corrected chi connectivity index (χ1v) is 11.1. The number of aromatic carboxylic acids is 1. The van der Waals surface area contributed by atoms with Gasteiger partial charge in [-0.1, -0.05) is 54.6 Å². The molecule has 0 bridgehead atoms. The molecule has 33 heavy (non-hydrogen) atoms. The summed E-state index contributed by atoms with van der Waals surface area (Å²) in [6.45, 7) is 1.91. The molecule has 3 unspecified atom stereocenters. The highest BCUT2D eigenvalue weighted by molar-refractivity contribution is 6.02. The highest BCUT2D eigenvalue weighted by Gasteiger charge is 2.40. The molecule has 0 spiro atoms. The quantitative estimate of drug-likeness (QED) is 0.557. The monoisotopic (exact) mass is 442 g/mol. The SMILES string of the molecule is CC(=O)N1CC(C(C(=O)c2ccccn2)c2ccccc2C(=O)O)CCC1c1ccccc1. The van der Waals surface area contributed by atoms with E-state index in [-0.39, 0.29) is 29.2 Å². The summed E-state index contributed by atoms with van der Waals surface area (Å²) in [5, 5.41) is 9.80. The number of benzene rings is 2. The van der Waals surface area contributed by atoms with Crippen molar-refractivity contribution in [3.05, 3.63) is 101 Å². The van der Waals surface area contributed by atoms with Crippen LogP contribution in [0.5, 0.6) is 0 Å². The number of carbonyl (C=O) groups is 3. The summed E-state index contributed by atoms with van der Waals surface area (Å²) in [5.41, 5.74) is 1.92. The molecule has 1 saturated heterocycles. The van der Waals surface area contributed by atoms with Gasteiger partial charge in [-0.3, -0.25) is 14.6 Å². The van der Waals surface area contributed by atoms with Gasteiger partial charge in [0, 0.05) is 19.7 Å². The van der Waals surface area contributed by atoms with E-state index in [0.717, 1.165) is 5.56 Å². The highest BCUT2D eigenvalue weighted by Crippen LogP contribution is 2.41. The molecule has 0 radical (unpaired) electrons. The van der Waals surface area contributed by atoms with Crippen LogP contribution in [-0.2, 0) is 4.79 Å². The molecule has 1 N–H and O–H groups in total. The van der Waals surface area contributed by atoms with Crippen LogP contribution in [0, 0.1) is 5.92 Å². The van der Waals surface area contributed by atoms with E-state index in [1.54, 1.807) is 49.5 Å². The number of likely N-dealkylation sites (tertiary alicyclic amines) is 1. The average Bonchev–Trinajstić information content (AvgIpc) is 2.85. The lowest BCUT2D eigenvalue weighted by molar-refractivity contribution is -0.134. The standard InChI is InChI=1S/C27H26N2O4/c1-18(30)29-17-20(14-15-24(29)19-9-3-2-4-10-19)25(26(31)23-13-7-8-16-28-23)21-11-5-6-12-22(21)27(32)33/h2-13,16,20,24-25H,14-15,17H2,1H3,(H,32,33). The van der Waals surface area contributed by atoms with Gasteiger partial charge in [0.05, 0.1) is 17.5 Å². The van der Waals surface area contributed by atoms with Gasteiger partial charge in [0.1, 0.15) is 5.69 Å². The predicted molar refractivity (Wildman–Crippen MR) is 124 cm³/mol. The lowest BCUT2D eigenvalue weighted by atomic mass is 9.74. The zero-order chi connectivity index (χ0) is 23.4. The van der Waals surface area contributed by atoms with Crippen molar-refractivity contribution in [3.63, 3.8) is 0 Å². The van der Waals surface area contributed by atoms with Crippen LogP contribution in [0.3, 0.4) is 0 Å². The Hall–Kier alpha value is -3.80. The summed E-state index contributed by atoms with van der Waals surface area (Å²) in [6.07, 6.45) is 2.93. The number of piperidine rings is 1. The van der Waals surface area contributed by atoms with Crippen LogP contribution in [-0.4, -0.2) is 39.2 Å². The molecule has 4 rings (SSSR count). The van der Waals surface area contributed by atoms with Crippen LogP contribution in [0.2, 0.25) is 0 Å². The second-order valence-electron chi connectivity index (χ2n) is 8.38. The van der Waals surface area contributed by atoms with Crippen molar-refractivity contribution >= 4 is 17.7 Å². The van der Waals surface area contributed by atoms with Gasteiger partial charge in [-0.15, -0.1) is 0 Å². The van der Waals surface area contributed by atoms with Crippen molar-refractivity contribution in [2.45, 2.75) is 31.7 Å². The van der Waals surface area contributed by atoms with Crippen LogP contribution in [0.15, 0.2) is 79.0 Å². The van der Waals surface area contributed by atoms with Crippen LogP contribution in [0.1, 0.15) is 63.7 Å². The first-order chi connectivity index (χ1) is 16.0. The number of nitrogens with zero attached hydrogens (tertiary/aromatic N) is 2. The number of Topliss-reactive ketones (excluding diaryl/α,β-unsaturated/α-hetero) is 1. The molecule has 1 aliphatic rings. The Bertz CT molecular complexity index is 1150. The summed E-state index contributed by atoms with van der Waals surface area (Å²) >= 11 is 0. The summed E-state index contributed by atoms with van der Waals surface area (Å²) in [5.74, 6) is -2.32. The first-order valence-electron chi connectivity index (χ1n) is 11.1. The number of carbonyl (C=O) groups excluding carboxylic acids is 2. The van der Waals surface area contributed by atoms with Crippen molar-refractivity contribution in [1.29, 1.82) is 0 Å². The summed E-state index contributed by atoms with van der Waals surface area (Å²) in [4.78, 5) is 44.4. The molecule has 2 aromatic carbocycles. The van der Waals surface area contributed by atoms with E-state index in [1.807, 2.05) is 35.2 Å². The number of hydrogen-bond acceptors (Lipinski definition) is 4. The molecule has 1 aliphatic heterocycles. The maximum Gasteiger partial charge on any atom is 0.335 e. The van der Waals surface area contributed by atoms with Gasteiger partial charge >= 0.3 is 5.97 Å². The number of rotatable bonds is 6. The number of amides is 1. The number of carboxylic acid groups (broad SMARTS) is 1. The van der Waals surface area contributed by atoms with Crippen LogP contribution >= 0.6 is 0 Å². The minimum Gasteiger partial charge on any atom is -0.478 e. The van der Waals surface area contributed by atoms with E-state index in [2.05, 4.69) is 4.98 Å². The van der Waals surface area contributed by atoms with E-state index in [4.69, 9.17) is 0 Å². The minimum absolute atomic E-state index is 0.0656. The molecule has 2 heterocycles. The summed E-state index contributed by atoms with van der Waals surface area (Å²) in [7, 11) is 0. The van der Waals surface area contributed by atoms with Crippen molar-refractivity contribution < 1.29 is 19.5 Å². The van der Waals surface area contributed by atoms with Crippen LogP contribution < -0.4 is 0 Å². The van der Waals surface area contributed by atoms with E-state index in [0.29, 0.717) is 30.6 Å². The van der Waals surface area contributed by atoms with Gasteiger partial charge in [-0.25, -0.2) is 4.79 Å². The van der Waals surface area contributed by atoms with E-state index in [1.165, 1.54) is 6.07 Å². The maximum absolute atomic E-state index is 13.7. The Morgan fingerprint density at radius 2 is 1.64 bits per heavy atom. The topological polar surface area (TPSA) is 87.6 Å². The number of aromatic nitrogens is 1. The summed E-state index contributed by atoms with van der Waals surface area (Å²) in [6, 6.07) is 21.6. The fourth-order valence-electron chi connectivity index (χ4n) is 4.88. The number of pyridine rings is 1. The largest absolute Gasteiger partial charge is 0.478 e. The molecule has 0 saturated carbocycles. The predicted octanol–water partition coefficient (Wildman–Crippen LogP) is 4.75. The Morgan fingerprint density at radius 3 is 2.30 bits per heavy atom. The highest BCUT2D eigenvalue weighted by atomic mass is 16.4. The third-order valence-corrected chi connectivity index (χ3v) is 6.40. The van der Waals surface area contributed by atoms with Gasteiger partial charge in [0.25, 0.3) is 0 Å². The summed E-state index contributed by atoms with van der Waals surface area (Å²) < 4.78 is 0. The zero-order valence-electron chi connectivity index (χ0n) is 18.4. The normalized spacial score (nSPS) is 19.0. The molecule has 1 fully saturated rings. The zero-order valence-corrected chi connectivity index (χ0v) is 18.4. The first kappa shape index (κ1) is 22.4. The van der Waals surface area contributed by atoms with E-state index in [9.17, 15) is 19.5 Å². The van der Waals surface area contributed by atoms with Crippen molar-refractivity contribution in [2.24, 2.45) is 5.92 Å². The molecular weight excluding hydrogens is 416 g/mol. The Labute approximate surface area is 192 Å². The maximum atomic E-state index is 13.7. The molecule has 1 aromatic heterocycles. The van der Waals surface area contributed by atoms with Gasteiger partial charge in [0.2, 0.25) is 5.91 Å². The molecular formula is C27H26N2O4. The second-order valence-corrected chi connectivity index (χ2v) is 8.38. The minimum atomic E-state index is -1.08. The lowest BCUT2D eigenvalue weighted by Gasteiger charge is -2.42. The lowest BCUT2D eigenvalue weighted by Crippen LogP contribution is -2.44. The van der Waals surface area contributed by atoms with Crippen molar-refractivity contribution in [3.8, 4) is 0 Å². The fraction of sp³-hybridized carbons (Fsp3) is 0.259. The molecule has 3 aromatic rings. The van der Waals surface area contributed by atoms with E-state index < -0.39 is 11.9 Å². The smallest absolute Gasteiger partial charge is 0.335 e. The fourth-order valence-corrected chi connectivity index (χ4v) is 4.88. The van der Waals surface area contributed by atoms with Gasteiger partial charge in [-0.05, 0) is 48.1 Å². The second kappa shape index (κ2) is 9.77. The van der Waals surface area contributed by atoms with Gasteiger partial charge < -0.3 is 10.0 Å². The Kier molecular flexibility index (Phi) is 6.63. The van der Waals surface area contributed by atoms with Crippen LogP contribution in [0.4, 0.5) is 0 Å². The molecule has 3 atom stereocenters. The Balaban J connectivity index is 1.74. The number of carboxylic acids is 1. The van der Waals surface area contributed by atoms with Gasteiger partial charge in [0.15, 0.2) is 5.78 Å². The third-order valence-electron chi connectivity index (χ3n) is 6.40. The van der Waals surface area contributed by atoms with Crippen molar-refractivity contribution in [2.75, 3.05) is 6.54 Å². The average molecular weight is 443 g/mol. The van der Waals surface area contributed by atoms with Crippen molar-refractivity contribution in [1.82, 2.24) is 9.88 Å². The molecule has 6 nitrogen and oxygen atoms in total. The molecule has 6 heteroatoms. The molecule has 0 aliphatic carbocycles. The number of ketones is 1. The molecule has 168 valence electrons. The Morgan fingerprint density at radius 1 is 0.939 bits per heavy atom. The number of hydrogen-bond donors (Lipinski definition) is 1. The third kappa shape index (κ3) is 4.70. The van der Waals surface area contributed by atoms with Gasteiger partial charge in [-0.2, -0.15) is 0 Å².